The van der Waals surface area contributed by atoms with E-state index in [2.05, 4.69) is 31.9 Å². The third-order valence-electron chi connectivity index (χ3n) is 6.77. The molecular weight excluding hydrogens is 388 g/mol. The number of fused-ring (bicyclic) bond motifs is 1. The lowest BCUT2D eigenvalue weighted by Gasteiger charge is -2.34. The van der Waals surface area contributed by atoms with Gasteiger partial charge in [0, 0.05) is 43.5 Å². The normalized spacial score (nSPS) is 19.6. The van der Waals surface area contributed by atoms with Crippen molar-refractivity contribution >= 4 is 16.9 Å². The largest absolute Gasteiger partial charge is 0.380 e. The maximum atomic E-state index is 13.1. The molecule has 2 aromatic carbocycles. The number of nitrogens with one attached hydrogen (secondary N) is 1. The Balaban J connectivity index is 1.39. The fourth-order valence-electron chi connectivity index (χ4n) is 4.94. The molecule has 6 nitrogen and oxygen atoms in total. The minimum atomic E-state index is -0.00808. The van der Waals surface area contributed by atoms with Crippen LogP contribution in [0.15, 0.2) is 42.5 Å². The van der Waals surface area contributed by atoms with Crippen molar-refractivity contribution in [3.63, 3.8) is 0 Å². The van der Waals surface area contributed by atoms with Crippen molar-refractivity contribution in [2.75, 3.05) is 20.2 Å². The number of amides is 1. The minimum Gasteiger partial charge on any atom is -0.380 e. The van der Waals surface area contributed by atoms with E-state index in [-0.39, 0.29) is 11.9 Å². The van der Waals surface area contributed by atoms with Crippen LogP contribution in [0.5, 0.6) is 0 Å². The van der Waals surface area contributed by atoms with Gasteiger partial charge < -0.3 is 10.1 Å². The van der Waals surface area contributed by atoms with Crippen molar-refractivity contribution in [2.24, 2.45) is 0 Å². The summed E-state index contributed by atoms with van der Waals surface area (Å²) in [7, 11) is 1.67. The van der Waals surface area contributed by atoms with Crippen LogP contribution >= 0.6 is 0 Å². The van der Waals surface area contributed by atoms with Crippen LogP contribution in [0.3, 0.4) is 0 Å². The van der Waals surface area contributed by atoms with E-state index in [0.29, 0.717) is 12.2 Å². The van der Waals surface area contributed by atoms with Gasteiger partial charge in [0.2, 0.25) is 0 Å². The van der Waals surface area contributed by atoms with Crippen molar-refractivity contribution in [1.29, 1.82) is 0 Å². The van der Waals surface area contributed by atoms with Gasteiger partial charge >= 0.3 is 0 Å². The number of benzene rings is 2. The molecule has 1 saturated heterocycles. The summed E-state index contributed by atoms with van der Waals surface area (Å²) in [5.41, 5.74) is 4.60. The quantitative estimate of drug-likeness (QED) is 0.661. The van der Waals surface area contributed by atoms with E-state index >= 15 is 0 Å². The van der Waals surface area contributed by atoms with Crippen LogP contribution in [0.4, 0.5) is 0 Å². The Morgan fingerprint density at radius 1 is 1.19 bits per heavy atom. The number of rotatable bonds is 6. The van der Waals surface area contributed by atoms with E-state index in [1.54, 1.807) is 7.11 Å². The van der Waals surface area contributed by atoms with E-state index < -0.39 is 0 Å². The van der Waals surface area contributed by atoms with Crippen molar-refractivity contribution in [3.05, 3.63) is 59.4 Å². The first-order valence-corrected chi connectivity index (χ1v) is 11.3. The maximum Gasteiger partial charge on any atom is 0.251 e. The molecule has 2 heterocycles. The molecule has 5 rings (SSSR count). The van der Waals surface area contributed by atoms with Crippen LogP contribution in [0.1, 0.15) is 47.4 Å². The zero-order valence-corrected chi connectivity index (χ0v) is 18.3. The smallest absolute Gasteiger partial charge is 0.251 e. The summed E-state index contributed by atoms with van der Waals surface area (Å²) >= 11 is 0. The van der Waals surface area contributed by atoms with Gasteiger partial charge in [-0.25, -0.2) is 4.98 Å². The van der Waals surface area contributed by atoms with E-state index in [0.717, 1.165) is 53.7 Å². The number of hydrogen-bond acceptors (Lipinski definition) is 4. The molecule has 3 aromatic rings. The van der Waals surface area contributed by atoms with Crippen molar-refractivity contribution in [3.8, 4) is 5.69 Å². The first-order chi connectivity index (χ1) is 15.1. The zero-order chi connectivity index (χ0) is 21.4. The monoisotopic (exact) mass is 418 g/mol. The third kappa shape index (κ3) is 3.86. The topological polar surface area (TPSA) is 59.4 Å². The number of likely N-dealkylation sites (tertiary alicyclic amines) is 1. The Bertz CT molecular complexity index is 1100. The molecule has 1 saturated carbocycles. The van der Waals surface area contributed by atoms with Gasteiger partial charge in [-0.3, -0.25) is 14.3 Å². The van der Waals surface area contributed by atoms with E-state index in [4.69, 9.17) is 4.74 Å². The average Bonchev–Trinajstić information content (AvgIpc) is 3.30. The van der Waals surface area contributed by atoms with Crippen LogP contribution < -0.4 is 5.32 Å². The van der Waals surface area contributed by atoms with Crippen LogP contribution in [0.25, 0.3) is 16.7 Å². The summed E-state index contributed by atoms with van der Waals surface area (Å²) in [5.74, 6) is 0.912. The Labute approximate surface area is 183 Å². The number of carbonyl (C=O) groups is 1. The molecule has 1 unspecified atom stereocenters. The van der Waals surface area contributed by atoms with Crippen molar-refractivity contribution in [1.82, 2.24) is 19.8 Å². The number of aryl methyl sites for hydroxylation is 1. The first-order valence-electron chi connectivity index (χ1n) is 11.3. The number of hydrogen-bond donors (Lipinski definition) is 1. The predicted molar refractivity (Wildman–Crippen MR) is 122 cm³/mol. The molecule has 1 aromatic heterocycles. The van der Waals surface area contributed by atoms with Crippen LogP contribution in [0, 0.1) is 6.92 Å². The van der Waals surface area contributed by atoms with Gasteiger partial charge in [-0.2, -0.15) is 0 Å². The lowest BCUT2D eigenvalue weighted by atomic mass is 9.92. The Morgan fingerprint density at radius 3 is 2.81 bits per heavy atom. The summed E-state index contributed by atoms with van der Waals surface area (Å²) in [6, 6.07) is 15.0. The summed E-state index contributed by atoms with van der Waals surface area (Å²) in [6.45, 7) is 4.45. The van der Waals surface area contributed by atoms with E-state index in [9.17, 15) is 4.79 Å². The fraction of sp³-hybridized carbons (Fsp3) is 0.440. The summed E-state index contributed by atoms with van der Waals surface area (Å²) in [5, 5.41) is 3.27. The first kappa shape index (κ1) is 20.2. The van der Waals surface area contributed by atoms with Crippen molar-refractivity contribution < 1.29 is 9.53 Å². The molecule has 1 atom stereocenters. The number of para-hydroxylation sites is 2. The summed E-state index contributed by atoms with van der Waals surface area (Å²) < 4.78 is 7.56. The molecule has 1 aliphatic carbocycles. The average molecular weight is 419 g/mol. The molecule has 0 radical (unpaired) electrons. The van der Waals surface area contributed by atoms with Gasteiger partial charge in [0.1, 0.15) is 5.82 Å². The third-order valence-corrected chi connectivity index (χ3v) is 6.77. The number of carbonyl (C=O) groups excluding carboxylic acids is 1. The van der Waals surface area contributed by atoms with Crippen molar-refractivity contribution in [2.45, 2.75) is 51.3 Å². The summed E-state index contributed by atoms with van der Waals surface area (Å²) in [4.78, 5) is 20.3. The predicted octanol–water partition coefficient (Wildman–Crippen LogP) is 3.84. The SMILES string of the molecule is COCc1cc(-n2c(C)nc3ccccc32)ccc1C(=O)NC1CCN(C2CCC2)C1. The number of imidazole rings is 1. The van der Waals surface area contributed by atoms with Gasteiger partial charge in [-0.1, -0.05) is 18.6 Å². The Hall–Kier alpha value is -2.70. The molecule has 1 amide bonds. The van der Waals surface area contributed by atoms with Gasteiger partial charge in [0.25, 0.3) is 5.91 Å². The fourth-order valence-corrected chi connectivity index (χ4v) is 4.94. The van der Waals surface area contributed by atoms with Gasteiger partial charge in [-0.15, -0.1) is 0 Å². The lowest BCUT2D eigenvalue weighted by molar-refractivity contribution is 0.0927. The molecule has 2 fully saturated rings. The lowest BCUT2D eigenvalue weighted by Crippen LogP contribution is -2.42. The molecule has 31 heavy (non-hydrogen) atoms. The molecule has 162 valence electrons. The second-order valence-electron chi connectivity index (χ2n) is 8.80. The van der Waals surface area contributed by atoms with Gasteiger partial charge in [0.15, 0.2) is 0 Å². The second-order valence-corrected chi connectivity index (χ2v) is 8.80. The highest BCUT2D eigenvalue weighted by Gasteiger charge is 2.32. The summed E-state index contributed by atoms with van der Waals surface area (Å²) in [6.07, 6.45) is 4.99. The maximum absolute atomic E-state index is 13.1. The highest BCUT2D eigenvalue weighted by molar-refractivity contribution is 5.96. The van der Waals surface area contributed by atoms with E-state index in [1.165, 1.54) is 19.3 Å². The van der Waals surface area contributed by atoms with Crippen LogP contribution in [-0.2, 0) is 11.3 Å². The van der Waals surface area contributed by atoms with Crippen LogP contribution in [-0.4, -0.2) is 52.6 Å². The minimum absolute atomic E-state index is 0.00808. The number of methoxy groups -OCH3 is 1. The standard InChI is InChI=1S/C25H30N4O2/c1-17-26-23-8-3-4-9-24(23)29(17)21-10-11-22(18(14-21)16-31-2)25(30)27-19-12-13-28(15-19)20-6-5-7-20/h3-4,8-11,14,19-20H,5-7,12-13,15-16H2,1-2H3,(H,27,30). The molecule has 2 aliphatic rings. The zero-order valence-electron chi connectivity index (χ0n) is 18.3. The number of ether oxygens (including phenoxy) is 1. The Morgan fingerprint density at radius 2 is 2.03 bits per heavy atom. The molecule has 0 spiro atoms. The number of nitrogens with zero attached hydrogens (tertiary/aromatic N) is 3. The highest BCUT2D eigenvalue weighted by atomic mass is 16.5. The Kier molecular flexibility index (Phi) is 5.50. The second kappa shape index (κ2) is 8.44. The van der Waals surface area contributed by atoms with E-state index in [1.807, 2.05) is 37.3 Å². The molecule has 1 N–H and O–H groups in total. The molecule has 0 bridgehead atoms. The van der Waals surface area contributed by atoms with Gasteiger partial charge in [0.05, 0.1) is 17.6 Å². The molecule has 1 aliphatic heterocycles. The highest BCUT2D eigenvalue weighted by Crippen LogP contribution is 2.28. The number of aromatic nitrogens is 2. The molecular formula is C25H30N4O2. The molecule has 6 heteroatoms. The van der Waals surface area contributed by atoms with Crippen LogP contribution in [0.2, 0.25) is 0 Å². The van der Waals surface area contributed by atoms with Gasteiger partial charge in [-0.05, 0) is 62.1 Å².